The van der Waals surface area contributed by atoms with Gasteiger partial charge in [-0.05, 0) is 17.9 Å². The molecule has 22 heavy (non-hydrogen) atoms. The van der Waals surface area contributed by atoms with E-state index in [-0.39, 0.29) is 23.1 Å². The van der Waals surface area contributed by atoms with Gasteiger partial charge in [-0.1, -0.05) is 57.5 Å². The molecule has 0 N–H and O–H groups in total. The van der Waals surface area contributed by atoms with Crippen molar-refractivity contribution in [3.63, 3.8) is 0 Å². The summed E-state index contributed by atoms with van der Waals surface area (Å²) in [6, 6.07) is 7.78. The van der Waals surface area contributed by atoms with E-state index >= 15 is 0 Å². The molecule has 1 aliphatic rings. The molecular formula is C19H24O3. The van der Waals surface area contributed by atoms with Gasteiger partial charge in [-0.15, -0.1) is 0 Å². The molecular weight excluding hydrogens is 276 g/mol. The van der Waals surface area contributed by atoms with Crippen molar-refractivity contribution in [2.24, 2.45) is 11.3 Å². The number of aryl methyl sites for hydroxylation is 1. The van der Waals surface area contributed by atoms with Gasteiger partial charge in [0.1, 0.15) is 5.76 Å². The summed E-state index contributed by atoms with van der Waals surface area (Å²) in [4.78, 5) is 24.6. The van der Waals surface area contributed by atoms with Crippen LogP contribution in [0.1, 0.15) is 51.7 Å². The molecule has 0 saturated heterocycles. The second-order valence-corrected chi connectivity index (χ2v) is 7.18. The highest BCUT2D eigenvalue weighted by atomic mass is 16.5. The Bertz CT molecular complexity index is 619. The average Bonchev–Trinajstić information content (AvgIpc) is 2.38. The Kier molecular flexibility index (Phi) is 4.55. The number of allylic oxidation sites excluding steroid dienone is 2. The molecule has 0 amide bonds. The van der Waals surface area contributed by atoms with Crippen molar-refractivity contribution in [3.8, 4) is 0 Å². The fourth-order valence-electron chi connectivity index (χ4n) is 2.63. The van der Waals surface area contributed by atoms with Crippen molar-refractivity contribution in [3.05, 3.63) is 41.2 Å². The summed E-state index contributed by atoms with van der Waals surface area (Å²) in [5.41, 5.74) is 2.34. The minimum Gasteiger partial charge on any atom is -0.430 e. The van der Waals surface area contributed by atoms with Crippen LogP contribution in [-0.4, -0.2) is 11.8 Å². The molecule has 0 aliphatic heterocycles. The normalized spacial score (nSPS) is 17.8. The minimum absolute atomic E-state index is 0.0478. The van der Waals surface area contributed by atoms with Crippen LogP contribution in [0.15, 0.2) is 30.0 Å². The second-order valence-electron chi connectivity index (χ2n) is 7.18. The van der Waals surface area contributed by atoms with Crippen LogP contribution in [0.3, 0.4) is 0 Å². The summed E-state index contributed by atoms with van der Waals surface area (Å²) >= 11 is 0. The molecule has 3 nitrogen and oxygen atoms in total. The molecule has 1 aromatic rings. The quantitative estimate of drug-likeness (QED) is 0.782. The molecule has 0 fully saturated rings. The summed E-state index contributed by atoms with van der Waals surface area (Å²) in [5.74, 6) is 0.0625. The first-order valence-corrected chi connectivity index (χ1v) is 7.75. The predicted octanol–water partition coefficient (Wildman–Crippen LogP) is 4.29. The number of hydrogen-bond acceptors (Lipinski definition) is 3. The molecule has 118 valence electrons. The Labute approximate surface area is 132 Å². The van der Waals surface area contributed by atoms with Gasteiger partial charge in [-0.2, -0.15) is 0 Å². The third-order valence-corrected chi connectivity index (χ3v) is 3.87. The molecule has 2 rings (SSSR count). The standard InChI is InChI=1S/C19H24O3/c1-12(2)18(21)22-16-11-19(4,5)10-15(20)17(16)14-8-6-13(3)7-9-14/h6-9,12H,10-11H2,1-5H3. The van der Waals surface area contributed by atoms with Crippen LogP contribution in [0.25, 0.3) is 5.57 Å². The van der Waals surface area contributed by atoms with Crippen LogP contribution < -0.4 is 0 Å². The van der Waals surface area contributed by atoms with Crippen LogP contribution in [-0.2, 0) is 14.3 Å². The zero-order valence-electron chi connectivity index (χ0n) is 14.0. The Morgan fingerprint density at radius 2 is 1.73 bits per heavy atom. The van der Waals surface area contributed by atoms with Gasteiger partial charge in [0.05, 0.1) is 11.5 Å². The van der Waals surface area contributed by atoms with Crippen molar-refractivity contribution in [1.29, 1.82) is 0 Å². The van der Waals surface area contributed by atoms with Crippen LogP contribution >= 0.6 is 0 Å². The first-order valence-electron chi connectivity index (χ1n) is 7.75. The zero-order chi connectivity index (χ0) is 16.5. The number of rotatable bonds is 3. The van der Waals surface area contributed by atoms with E-state index in [0.29, 0.717) is 24.2 Å². The van der Waals surface area contributed by atoms with Gasteiger partial charge in [0.25, 0.3) is 0 Å². The lowest BCUT2D eigenvalue weighted by Crippen LogP contribution is -2.27. The van der Waals surface area contributed by atoms with E-state index < -0.39 is 0 Å². The summed E-state index contributed by atoms with van der Waals surface area (Å²) in [6.07, 6.45) is 1.07. The molecule has 0 spiro atoms. The Balaban J connectivity index is 2.48. The van der Waals surface area contributed by atoms with E-state index in [1.54, 1.807) is 13.8 Å². The summed E-state index contributed by atoms with van der Waals surface area (Å²) in [7, 11) is 0. The Morgan fingerprint density at radius 3 is 2.27 bits per heavy atom. The van der Waals surface area contributed by atoms with E-state index in [1.807, 2.05) is 45.0 Å². The van der Waals surface area contributed by atoms with Crippen molar-refractivity contribution < 1.29 is 14.3 Å². The van der Waals surface area contributed by atoms with Gasteiger partial charge in [-0.25, -0.2) is 0 Å². The van der Waals surface area contributed by atoms with E-state index in [4.69, 9.17) is 4.74 Å². The van der Waals surface area contributed by atoms with Crippen LogP contribution in [0.4, 0.5) is 0 Å². The van der Waals surface area contributed by atoms with E-state index in [1.165, 1.54) is 0 Å². The van der Waals surface area contributed by atoms with E-state index in [2.05, 4.69) is 0 Å². The molecule has 0 radical (unpaired) electrons. The molecule has 0 bridgehead atoms. The number of hydrogen-bond donors (Lipinski definition) is 0. The Morgan fingerprint density at radius 1 is 1.14 bits per heavy atom. The average molecular weight is 300 g/mol. The molecule has 1 aromatic carbocycles. The number of benzene rings is 1. The van der Waals surface area contributed by atoms with Crippen LogP contribution in [0.2, 0.25) is 0 Å². The highest BCUT2D eigenvalue weighted by molar-refractivity contribution is 6.22. The monoisotopic (exact) mass is 300 g/mol. The lowest BCUT2D eigenvalue weighted by Gasteiger charge is -2.31. The zero-order valence-corrected chi connectivity index (χ0v) is 14.0. The molecule has 0 heterocycles. The Hall–Kier alpha value is -1.90. The summed E-state index contributed by atoms with van der Waals surface area (Å²) < 4.78 is 5.58. The number of ketones is 1. The van der Waals surface area contributed by atoms with Gasteiger partial charge in [0.15, 0.2) is 5.78 Å². The van der Waals surface area contributed by atoms with E-state index in [0.717, 1.165) is 11.1 Å². The largest absolute Gasteiger partial charge is 0.430 e. The maximum absolute atomic E-state index is 12.6. The van der Waals surface area contributed by atoms with Crippen molar-refractivity contribution in [1.82, 2.24) is 0 Å². The van der Waals surface area contributed by atoms with Crippen molar-refractivity contribution in [2.75, 3.05) is 0 Å². The molecule has 1 aliphatic carbocycles. The van der Waals surface area contributed by atoms with Gasteiger partial charge in [-0.3, -0.25) is 9.59 Å². The van der Waals surface area contributed by atoms with Gasteiger partial charge in [0.2, 0.25) is 0 Å². The molecule has 3 heteroatoms. The fourth-order valence-corrected chi connectivity index (χ4v) is 2.63. The maximum atomic E-state index is 12.6. The van der Waals surface area contributed by atoms with Gasteiger partial charge < -0.3 is 4.74 Å². The first-order chi connectivity index (χ1) is 10.2. The SMILES string of the molecule is Cc1ccc(C2=C(OC(=O)C(C)C)CC(C)(C)CC2=O)cc1. The molecule has 0 saturated carbocycles. The minimum atomic E-state index is -0.287. The number of Topliss-reactive ketones (excluding diaryl/α,β-unsaturated/α-hetero) is 1. The lowest BCUT2D eigenvalue weighted by molar-refractivity contribution is -0.143. The summed E-state index contributed by atoms with van der Waals surface area (Å²) in [6.45, 7) is 9.65. The first kappa shape index (κ1) is 16.5. The highest BCUT2D eigenvalue weighted by Gasteiger charge is 2.35. The van der Waals surface area contributed by atoms with Crippen LogP contribution in [0.5, 0.6) is 0 Å². The van der Waals surface area contributed by atoms with Crippen molar-refractivity contribution in [2.45, 2.75) is 47.5 Å². The van der Waals surface area contributed by atoms with Gasteiger partial charge in [0, 0.05) is 12.8 Å². The smallest absolute Gasteiger partial charge is 0.313 e. The summed E-state index contributed by atoms with van der Waals surface area (Å²) in [5, 5.41) is 0. The van der Waals surface area contributed by atoms with Crippen LogP contribution in [0, 0.1) is 18.3 Å². The second kappa shape index (κ2) is 6.07. The number of esters is 1. The third kappa shape index (κ3) is 3.65. The topological polar surface area (TPSA) is 43.4 Å². The highest BCUT2D eigenvalue weighted by Crippen LogP contribution is 2.41. The maximum Gasteiger partial charge on any atom is 0.313 e. The molecule has 0 atom stereocenters. The fraction of sp³-hybridized carbons (Fsp3) is 0.474. The molecule has 0 unspecified atom stereocenters. The lowest BCUT2D eigenvalue weighted by atomic mass is 9.75. The number of carbonyl (C=O) groups excluding carboxylic acids is 2. The predicted molar refractivity (Wildman–Crippen MR) is 87.1 cm³/mol. The van der Waals surface area contributed by atoms with Crippen molar-refractivity contribution >= 4 is 17.3 Å². The van der Waals surface area contributed by atoms with E-state index in [9.17, 15) is 9.59 Å². The number of ether oxygens (including phenoxy) is 1. The van der Waals surface area contributed by atoms with Gasteiger partial charge >= 0.3 is 5.97 Å². The molecule has 0 aromatic heterocycles. The third-order valence-electron chi connectivity index (χ3n) is 3.87. The number of carbonyl (C=O) groups is 2.